The van der Waals surface area contributed by atoms with Gasteiger partial charge >= 0.3 is 5.97 Å². The number of hydrogen-bond acceptors (Lipinski definition) is 6. The van der Waals surface area contributed by atoms with E-state index in [1.54, 1.807) is 20.9 Å². The van der Waals surface area contributed by atoms with Gasteiger partial charge in [0, 0.05) is 7.05 Å². The average Bonchev–Trinajstić information content (AvgIpc) is 2.76. The lowest BCUT2D eigenvalue weighted by Gasteiger charge is -2.13. The molecule has 106 valence electrons. The summed E-state index contributed by atoms with van der Waals surface area (Å²) >= 11 is 1.10. The van der Waals surface area contributed by atoms with Gasteiger partial charge in [-0.2, -0.15) is 0 Å². The van der Waals surface area contributed by atoms with Gasteiger partial charge in [-0.3, -0.25) is 4.79 Å². The van der Waals surface area contributed by atoms with Crippen molar-refractivity contribution in [2.24, 2.45) is 0 Å². The second-order valence-electron chi connectivity index (χ2n) is 4.24. The number of anilines is 1. The molecule has 0 saturated heterocycles. The Bertz CT molecular complexity index is 683. The summed E-state index contributed by atoms with van der Waals surface area (Å²) in [6.07, 6.45) is 1.35. The van der Waals surface area contributed by atoms with Crippen molar-refractivity contribution in [1.29, 1.82) is 0 Å². The summed E-state index contributed by atoms with van der Waals surface area (Å²) in [4.78, 5) is 31.7. The van der Waals surface area contributed by atoms with E-state index >= 15 is 0 Å². The minimum absolute atomic E-state index is 0.178. The van der Waals surface area contributed by atoms with Crippen LogP contribution < -0.4 is 10.6 Å². The van der Waals surface area contributed by atoms with Gasteiger partial charge < -0.3 is 15.7 Å². The Balaban J connectivity index is 2.49. The van der Waals surface area contributed by atoms with Gasteiger partial charge in [0.2, 0.25) is 5.91 Å². The van der Waals surface area contributed by atoms with Crippen LogP contribution in [0.3, 0.4) is 0 Å². The zero-order valence-corrected chi connectivity index (χ0v) is 12.0. The van der Waals surface area contributed by atoms with Gasteiger partial charge in [0.05, 0.1) is 5.39 Å². The lowest BCUT2D eigenvalue weighted by molar-refractivity contribution is -0.121. The molecule has 1 unspecified atom stereocenters. The zero-order chi connectivity index (χ0) is 14.9. The summed E-state index contributed by atoms with van der Waals surface area (Å²) in [5, 5.41) is 15.3. The lowest BCUT2D eigenvalue weighted by atomic mass is 10.2. The number of aromatic nitrogens is 2. The van der Waals surface area contributed by atoms with Crippen LogP contribution in [0.4, 0.5) is 5.82 Å². The van der Waals surface area contributed by atoms with Crippen LogP contribution in [-0.4, -0.2) is 40.0 Å². The molecule has 7 nitrogen and oxygen atoms in total. The van der Waals surface area contributed by atoms with Gasteiger partial charge in [0.15, 0.2) is 0 Å². The summed E-state index contributed by atoms with van der Waals surface area (Å²) < 4.78 is 0. The maximum Gasteiger partial charge on any atom is 0.346 e. The number of aryl methyl sites for hydroxylation is 1. The number of aromatic carboxylic acids is 1. The fourth-order valence-electron chi connectivity index (χ4n) is 1.87. The maximum absolute atomic E-state index is 11.5. The highest BCUT2D eigenvalue weighted by Crippen LogP contribution is 2.33. The number of nitrogens with one attached hydrogen (secondary N) is 2. The van der Waals surface area contributed by atoms with Gasteiger partial charge in [-0.25, -0.2) is 14.8 Å². The molecule has 0 aliphatic heterocycles. The smallest absolute Gasteiger partial charge is 0.346 e. The number of fused-ring (bicyclic) bond motifs is 1. The van der Waals surface area contributed by atoms with E-state index in [0.717, 1.165) is 11.3 Å². The van der Waals surface area contributed by atoms with E-state index in [1.165, 1.54) is 6.33 Å². The van der Waals surface area contributed by atoms with Crippen molar-refractivity contribution in [3.8, 4) is 0 Å². The number of amides is 1. The molecule has 1 atom stereocenters. The van der Waals surface area contributed by atoms with Crippen molar-refractivity contribution in [3.63, 3.8) is 0 Å². The van der Waals surface area contributed by atoms with Crippen LogP contribution in [0.25, 0.3) is 10.2 Å². The Labute approximate surface area is 119 Å². The number of rotatable bonds is 4. The van der Waals surface area contributed by atoms with E-state index in [2.05, 4.69) is 20.6 Å². The van der Waals surface area contributed by atoms with Gasteiger partial charge in [-0.05, 0) is 19.4 Å². The summed E-state index contributed by atoms with van der Waals surface area (Å²) in [6, 6.07) is -0.481. The quantitative estimate of drug-likeness (QED) is 0.784. The van der Waals surface area contributed by atoms with E-state index in [4.69, 9.17) is 5.11 Å². The number of nitrogens with zero attached hydrogens (tertiary/aromatic N) is 2. The largest absolute Gasteiger partial charge is 0.477 e. The predicted molar refractivity (Wildman–Crippen MR) is 76.3 cm³/mol. The molecule has 0 saturated carbocycles. The van der Waals surface area contributed by atoms with Gasteiger partial charge in [0.25, 0.3) is 0 Å². The molecule has 2 aromatic heterocycles. The monoisotopic (exact) mass is 294 g/mol. The Morgan fingerprint density at radius 1 is 1.40 bits per heavy atom. The number of carboxylic acids is 1. The normalized spacial score (nSPS) is 12.2. The van der Waals surface area contributed by atoms with E-state index < -0.39 is 12.0 Å². The highest BCUT2D eigenvalue weighted by Gasteiger charge is 2.20. The molecule has 0 radical (unpaired) electrons. The first-order valence-electron chi connectivity index (χ1n) is 5.91. The molecule has 3 N–H and O–H groups in total. The van der Waals surface area contributed by atoms with Gasteiger partial charge in [0.1, 0.15) is 27.9 Å². The highest BCUT2D eigenvalue weighted by atomic mass is 32.1. The Hall–Kier alpha value is -2.22. The molecule has 0 aliphatic rings. The first-order valence-corrected chi connectivity index (χ1v) is 6.72. The number of carboxylic acid groups (broad SMARTS) is 1. The number of carbonyl (C=O) groups is 2. The molecule has 2 aromatic rings. The zero-order valence-electron chi connectivity index (χ0n) is 11.2. The molecular weight excluding hydrogens is 280 g/mol. The third-order valence-corrected chi connectivity index (χ3v) is 4.10. The van der Waals surface area contributed by atoms with Crippen molar-refractivity contribution < 1.29 is 14.7 Å². The number of thiophene rings is 1. The number of carbonyl (C=O) groups excluding carboxylic acids is 1. The SMILES string of the molecule is CNC(=O)C(C)Nc1ncnc2sc(C(=O)O)c(C)c12. The molecule has 2 heterocycles. The molecule has 0 aliphatic carbocycles. The van der Waals surface area contributed by atoms with Crippen molar-refractivity contribution >= 4 is 39.2 Å². The number of likely N-dealkylation sites (N-methyl/N-ethyl adjacent to an activating group) is 1. The summed E-state index contributed by atoms with van der Waals surface area (Å²) in [7, 11) is 1.55. The second-order valence-corrected chi connectivity index (χ2v) is 5.24. The van der Waals surface area contributed by atoms with Crippen LogP contribution in [-0.2, 0) is 4.79 Å². The Morgan fingerprint density at radius 3 is 2.70 bits per heavy atom. The molecule has 8 heteroatoms. The minimum Gasteiger partial charge on any atom is -0.477 e. The van der Waals surface area contributed by atoms with E-state index in [9.17, 15) is 9.59 Å². The minimum atomic E-state index is -0.990. The average molecular weight is 294 g/mol. The van der Waals surface area contributed by atoms with Crippen molar-refractivity contribution in [3.05, 3.63) is 16.8 Å². The molecule has 0 spiro atoms. The molecule has 0 bridgehead atoms. The first kappa shape index (κ1) is 14.2. The standard InChI is InChI=1S/C12H14N4O3S/c1-5-7-9(16-6(2)10(17)13-3)14-4-15-11(7)20-8(5)12(18)19/h4,6H,1-3H3,(H,13,17)(H,18,19)(H,14,15,16). The molecular formula is C12H14N4O3S. The molecule has 20 heavy (non-hydrogen) atoms. The molecule has 1 amide bonds. The first-order chi connectivity index (χ1) is 9.45. The van der Waals surface area contributed by atoms with E-state index in [-0.39, 0.29) is 10.8 Å². The lowest BCUT2D eigenvalue weighted by Crippen LogP contribution is -2.35. The second kappa shape index (κ2) is 5.41. The van der Waals surface area contributed by atoms with E-state index in [1.807, 2.05) is 0 Å². The topological polar surface area (TPSA) is 104 Å². The van der Waals surface area contributed by atoms with Gasteiger partial charge in [-0.1, -0.05) is 0 Å². The third-order valence-electron chi connectivity index (χ3n) is 2.91. The van der Waals surface area contributed by atoms with Gasteiger partial charge in [-0.15, -0.1) is 11.3 Å². The maximum atomic E-state index is 11.5. The molecule has 2 rings (SSSR count). The Kier molecular flexibility index (Phi) is 3.84. The van der Waals surface area contributed by atoms with Crippen molar-refractivity contribution in [2.75, 3.05) is 12.4 Å². The van der Waals surface area contributed by atoms with Crippen LogP contribution in [0.2, 0.25) is 0 Å². The fraction of sp³-hybridized carbons (Fsp3) is 0.333. The van der Waals surface area contributed by atoms with Crippen molar-refractivity contribution in [1.82, 2.24) is 15.3 Å². The fourth-order valence-corrected chi connectivity index (χ4v) is 2.86. The third kappa shape index (κ3) is 2.42. The van der Waals surface area contributed by atoms with Crippen LogP contribution >= 0.6 is 11.3 Å². The van der Waals surface area contributed by atoms with Crippen LogP contribution in [0.5, 0.6) is 0 Å². The summed E-state index contributed by atoms with van der Waals surface area (Å²) in [6.45, 7) is 3.41. The Morgan fingerprint density at radius 2 is 2.10 bits per heavy atom. The van der Waals surface area contributed by atoms with E-state index in [0.29, 0.717) is 21.6 Å². The van der Waals surface area contributed by atoms with Crippen LogP contribution in [0.1, 0.15) is 22.2 Å². The summed E-state index contributed by atoms with van der Waals surface area (Å²) in [5.41, 5.74) is 0.602. The molecule has 0 fully saturated rings. The summed E-state index contributed by atoms with van der Waals surface area (Å²) in [5.74, 6) is -0.703. The van der Waals surface area contributed by atoms with Crippen molar-refractivity contribution in [2.45, 2.75) is 19.9 Å². The van der Waals surface area contributed by atoms with Crippen LogP contribution in [0.15, 0.2) is 6.33 Å². The predicted octanol–water partition coefficient (Wildman–Crippen LogP) is 1.24. The molecule has 0 aromatic carbocycles. The highest BCUT2D eigenvalue weighted by molar-refractivity contribution is 7.20. The number of hydrogen-bond donors (Lipinski definition) is 3. The van der Waals surface area contributed by atoms with Crippen LogP contribution in [0, 0.1) is 6.92 Å².